The van der Waals surface area contributed by atoms with Crippen LogP contribution in [0.2, 0.25) is 0 Å². The summed E-state index contributed by atoms with van der Waals surface area (Å²) in [5, 5.41) is 17.2. The van der Waals surface area contributed by atoms with Crippen molar-refractivity contribution in [2.24, 2.45) is 0 Å². The molecule has 0 aliphatic carbocycles. The van der Waals surface area contributed by atoms with Crippen molar-refractivity contribution in [3.05, 3.63) is 41.9 Å². The molecule has 1 aromatic rings. The van der Waals surface area contributed by atoms with Gasteiger partial charge in [0.15, 0.2) is 0 Å². The molecule has 4 heteroatoms. The number of carboxylic acid groups (broad SMARTS) is 1. The van der Waals surface area contributed by atoms with Crippen molar-refractivity contribution in [1.82, 2.24) is 0 Å². The van der Waals surface area contributed by atoms with Crippen LogP contribution in [0.1, 0.15) is 5.56 Å². The molecule has 1 aromatic carbocycles. The number of halogens is 1. The molecule has 68 valence electrons. The van der Waals surface area contributed by atoms with Gasteiger partial charge >= 0.3 is 5.97 Å². The second kappa shape index (κ2) is 3.71. The first kappa shape index (κ1) is 9.25. The van der Waals surface area contributed by atoms with Gasteiger partial charge in [-0.1, -0.05) is 12.1 Å². The maximum Gasteiger partial charge on any atom is 0.339 e. The minimum Gasteiger partial charge on any atom is -0.515 e. The van der Waals surface area contributed by atoms with Crippen LogP contribution in [0.15, 0.2) is 30.5 Å². The van der Waals surface area contributed by atoms with E-state index in [2.05, 4.69) is 0 Å². The Hall–Kier alpha value is -1.84. The van der Waals surface area contributed by atoms with E-state index in [0.29, 0.717) is 6.26 Å². The van der Waals surface area contributed by atoms with E-state index in [1.54, 1.807) is 0 Å². The maximum absolute atomic E-state index is 12.4. The smallest absolute Gasteiger partial charge is 0.339 e. The number of aliphatic hydroxyl groups is 1. The first-order valence-electron chi connectivity index (χ1n) is 3.48. The van der Waals surface area contributed by atoms with Crippen LogP contribution >= 0.6 is 0 Å². The van der Waals surface area contributed by atoms with Crippen molar-refractivity contribution in [2.45, 2.75) is 0 Å². The molecular weight excluding hydrogens is 175 g/mol. The van der Waals surface area contributed by atoms with Crippen LogP contribution in [0.3, 0.4) is 0 Å². The number of benzene rings is 1. The lowest BCUT2D eigenvalue weighted by Gasteiger charge is -1.99. The molecule has 3 nitrogen and oxygen atoms in total. The number of aliphatic hydroxyl groups excluding tert-OH is 1. The molecule has 0 saturated carbocycles. The van der Waals surface area contributed by atoms with Gasteiger partial charge < -0.3 is 10.2 Å². The lowest BCUT2D eigenvalue weighted by Crippen LogP contribution is -1.99. The van der Waals surface area contributed by atoms with Gasteiger partial charge in [-0.15, -0.1) is 0 Å². The monoisotopic (exact) mass is 182 g/mol. The molecule has 0 bridgehead atoms. The van der Waals surface area contributed by atoms with E-state index in [0.717, 1.165) is 12.1 Å². The van der Waals surface area contributed by atoms with Crippen molar-refractivity contribution in [3.8, 4) is 0 Å². The Morgan fingerprint density at radius 3 is 2.23 bits per heavy atom. The average molecular weight is 182 g/mol. The van der Waals surface area contributed by atoms with Crippen LogP contribution in [0.5, 0.6) is 0 Å². The quantitative estimate of drug-likeness (QED) is 0.541. The summed E-state index contributed by atoms with van der Waals surface area (Å²) in [6, 6.07) is 4.82. The third-order valence-electron chi connectivity index (χ3n) is 1.51. The van der Waals surface area contributed by atoms with E-state index in [9.17, 15) is 9.18 Å². The fraction of sp³-hybridized carbons (Fsp3) is 0. The molecule has 0 atom stereocenters. The summed E-state index contributed by atoms with van der Waals surface area (Å²) in [4.78, 5) is 10.5. The SMILES string of the molecule is O=C(O)C(=CO)c1ccc(F)cc1. The molecule has 0 radical (unpaired) electrons. The van der Waals surface area contributed by atoms with Gasteiger partial charge in [0.1, 0.15) is 11.4 Å². The molecule has 0 aliphatic rings. The minimum atomic E-state index is -1.26. The van der Waals surface area contributed by atoms with Crippen LogP contribution in [0.25, 0.3) is 5.57 Å². The number of hydrogen-bond donors (Lipinski definition) is 2. The van der Waals surface area contributed by atoms with Gasteiger partial charge in [0.05, 0.1) is 6.26 Å². The summed E-state index contributed by atoms with van der Waals surface area (Å²) in [6.07, 6.45) is 0.482. The molecule has 0 saturated heterocycles. The van der Waals surface area contributed by atoms with E-state index in [4.69, 9.17) is 10.2 Å². The number of rotatable bonds is 2. The number of hydrogen-bond acceptors (Lipinski definition) is 2. The Morgan fingerprint density at radius 2 is 1.85 bits per heavy atom. The lowest BCUT2D eigenvalue weighted by atomic mass is 10.1. The van der Waals surface area contributed by atoms with Crippen molar-refractivity contribution >= 4 is 11.5 Å². The fourth-order valence-electron chi connectivity index (χ4n) is 0.883. The average Bonchev–Trinajstić information content (AvgIpc) is 2.09. The Labute approximate surface area is 73.8 Å². The van der Waals surface area contributed by atoms with E-state index >= 15 is 0 Å². The summed E-state index contributed by atoms with van der Waals surface area (Å²) >= 11 is 0. The largest absolute Gasteiger partial charge is 0.515 e. The number of carboxylic acids is 1. The van der Waals surface area contributed by atoms with Gasteiger partial charge in [0.25, 0.3) is 0 Å². The van der Waals surface area contributed by atoms with E-state index in [-0.39, 0.29) is 11.1 Å². The van der Waals surface area contributed by atoms with Crippen LogP contribution in [-0.2, 0) is 4.79 Å². The summed E-state index contributed by atoms with van der Waals surface area (Å²) in [7, 11) is 0. The molecule has 0 unspecified atom stereocenters. The Balaban J connectivity index is 3.07. The molecule has 1 rings (SSSR count). The van der Waals surface area contributed by atoms with Gasteiger partial charge in [0.2, 0.25) is 0 Å². The van der Waals surface area contributed by atoms with Crippen molar-refractivity contribution < 1.29 is 19.4 Å². The topological polar surface area (TPSA) is 57.5 Å². The molecule has 2 N–H and O–H groups in total. The van der Waals surface area contributed by atoms with Crippen LogP contribution < -0.4 is 0 Å². The van der Waals surface area contributed by atoms with E-state index < -0.39 is 11.8 Å². The van der Waals surface area contributed by atoms with Crippen molar-refractivity contribution in [1.29, 1.82) is 0 Å². The molecule has 0 fully saturated rings. The highest BCUT2D eigenvalue weighted by molar-refractivity contribution is 6.14. The van der Waals surface area contributed by atoms with Crippen LogP contribution in [-0.4, -0.2) is 16.2 Å². The van der Waals surface area contributed by atoms with Gasteiger partial charge in [-0.3, -0.25) is 0 Å². The lowest BCUT2D eigenvalue weighted by molar-refractivity contribution is -0.130. The third kappa shape index (κ3) is 2.05. The van der Waals surface area contributed by atoms with Crippen molar-refractivity contribution in [3.63, 3.8) is 0 Å². The highest BCUT2D eigenvalue weighted by atomic mass is 19.1. The first-order chi connectivity index (χ1) is 6.15. The molecule has 0 aromatic heterocycles. The minimum absolute atomic E-state index is 0.261. The van der Waals surface area contributed by atoms with Crippen LogP contribution in [0, 0.1) is 5.82 Å². The highest BCUT2D eigenvalue weighted by Crippen LogP contribution is 2.14. The van der Waals surface area contributed by atoms with Crippen LogP contribution in [0.4, 0.5) is 4.39 Å². The predicted octanol–water partition coefficient (Wildman–Crippen LogP) is 1.81. The van der Waals surface area contributed by atoms with Gasteiger partial charge in [-0.05, 0) is 17.7 Å². The third-order valence-corrected chi connectivity index (χ3v) is 1.51. The molecule has 0 amide bonds. The zero-order valence-electron chi connectivity index (χ0n) is 6.57. The van der Waals surface area contributed by atoms with Gasteiger partial charge in [0, 0.05) is 0 Å². The predicted molar refractivity (Wildman–Crippen MR) is 44.6 cm³/mol. The van der Waals surface area contributed by atoms with Gasteiger partial charge in [-0.25, -0.2) is 9.18 Å². The fourth-order valence-corrected chi connectivity index (χ4v) is 0.883. The zero-order chi connectivity index (χ0) is 9.84. The molecule has 0 spiro atoms. The Morgan fingerprint density at radius 1 is 1.31 bits per heavy atom. The molecule has 13 heavy (non-hydrogen) atoms. The van der Waals surface area contributed by atoms with E-state index in [1.807, 2.05) is 0 Å². The highest BCUT2D eigenvalue weighted by Gasteiger charge is 2.09. The molecule has 0 heterocycles. The maximum atomic E-state index is 12.4. The van der Waals surface area contributed by atoms with Gasteiger partial charge in [-0.2, -0.15) is 0 Å². The number of aliphatic carboxylic acids is 1. The Kier molecular flexibility index (Phi) is 2.64. The molecule has 0 aliphatic heterocycles. The zero-order valence-corrected chi connectivity index (χ0v) is 6.57. The summed E-state index contributed by atoms with van der Waals surface area (Å²) in [5.41, 5.74) is -0.00333. The van der Waals surface area contributed by atoms with Crippen molar-refractivity contribution in [2.75, 3.05) is 0 Å². The summed E-state index contributed by atoms with van der Waals surface area (Å²) in [6.45, 7) is 0. The Bertz CT molecular complexity index is 340. The summed E-state index contributed by atoms with van der Waals surface area (Å²) < 4.78 is 12.4. The van der Waals surface area contributed by atoms with E-state index in [1.165, 1.54) is 12.1 Å². The second-order valence-electron chi connectivity index (χ2n) is 2.35. The molecular formula is C9H7FO3. The standard InChI is InChI=1S/C9H7FO3/c10-7-3-1-6(2-4-7)8(5-11)9(12)13/h1-5,11H,(H,12,13). The first-order valence-corrected chi connectivity index (χ1v) is 3.48. The summed E-state index contributed by atoms with van der Waals surface area (Å²) in [5.74, 6) is -1.71. The second-order valence-corrected chi connectivity index (χ2v) is 2.35. The normalized spacial score (nSPS) is 11.3. The number of carbonyl (C=O) groups is 1.